The Morgan fingerprint density at radius 2 is 1.68 bits per heavy atom. The predicted octanol–water partition coefficient (Wildman–Crippen LogP) is 5.75. The van der Waals surface area contributed by atoms with Crippen molar-refractivity contribution in [3.8, 4) is 6.07 Å². The lowest BCUT2D eigenvalue weighted by molar-refractivity contribution is 0.389. The Bertz CT molecular complexity index is 304. The van der Waals surface area contributed by atoms with Crippen LogP contribution in [-0.4, -0.2) is 8.07 Å². The van der Waals surface area contributed by atoms with E-state index in [-0.39, 0.29) is 0 Å². The molecule has 0 amide bonds. The Morgan fingerprint density at radius 3 is 2.21 bits per heavy atom. The smallest absolute Gasteiger partial charge is 0.0655 e. The highest BCUT2D eigenvalue weighted by atomic mass is 28.3. The monoisotopic (exact) mass is 277 g/mol. The molecule has 1 saturated heterocycles. The van der Waals surface area contributed by atoms with Crippen molar-refractivity contribution in [2.45, 2.75) is 88.9 Å². The van der Waals surface area contributed by atoms with Gasteiger partial charge in [-0.2, -0.15) is 5.26 Å². The molecule has 2 fully saturated rings. The van der Waals surface area contributed by atoms with Gasteiger partial charge in [0.15, 0.2) is 0 Å². The van der Waals surface area contributed by atoms with E-state index in [9.17, 15) is 0 Å². The molecule has 0 aromatic rings. The fourth-order valence-corrected chi connectivity index (χ4v) is 9.38. The molecule has 0 atom stereocenters. The molecule has 2 aliphatic rings. The van der Waals surface area contributed by atoms with Gasteiger partial charge in [0.05, 0.1) is 14.1 Å². The summed E-state index contributed by atoms with van der Waals surface area (Å²) in [5.74, 6) is 1.44. The highest BCUT2D eigenvalue weighted by Crippen LogP contribution is 2.47. The van der Waals surface area contributed by atoms with Gasteiger partial charge in [-0.05, 0) is 24.3 Å². The molecule has 0 unspecified atom stereocenters. The van der Waals surface area contributed by atoms with Crippen molar-refractivity contribution in [1.82, 2.24) is 0 Å². The van der Waals surface area contributed by atoms with Gasteiger partial charge in [0.2, 0.25) is 0 Å². The van der Waals surface area contributed by atoms with Crippen molar-refractivity contribution in [3.63, 3.8) is 0 Å². The minimum absolute atomic E-state index is 0.384. The van der Waals surface area contributed by atoms with Gasteiger partial charge in [-0.3, -0.25) is 0 Å². The van der Waals surface area contributed by atoms with Crippen molar-refractivity contribution in [2.24, 2.45) is 11.8 Å². The summed E-state index contributed by atoms with van der Waals surface area (Å²) < 4.78 is 0. The van der Waals surface area contributed by atoms with Crippen LogP contribution < -0.4 is 0 Å². The number of hydrogen-bond donors (Lipinski definition) is 0. The van der Waals surface area contributed by atoms with Crippen molar-refractivity contribution in [2.75, 3.05) is 0 Å². The van der Waals surface area contributed by atoms with Crippen LogP contribution >= 0.6 is 0 Å². The van der Waals surface area contributed by atoms with E-state index in [0.29, 0.717) is 5.92 Å². The van der Waals surface area contributed by atoms with Crippen LogP contribution in [0.15, 0.2) is 0 Å². The summed E-state index contributed by atoms with van der Waals surface area (Å²) in [6.07, 6.45) is 12.5. The van der Waals surface area contributed by atoms with Crippen LogP contribution in [0.3, 0.4) is 0 Å². The maximum atomic E-state index is 9.03. The second kappa shape index (κ2) is 6.93. The lowest BCUT2D eigenvalue weighted by Crippen LogP contribution is -2.41. The molecule has 0 radical (unpaired) electrons. The third-order valence-electron chi connectivity index (χ3n) is 6.11. The van der Waals surface area contributed by atoms with Crippen LogP contribution in [0.1, 0.15) is 64.7 Å². The van der Waals surface area contributed by atoms with E-state index < -0.39 is 8.07 Å². The predicted molar refractivity (Wildman–Crippen MR) is 84.8 cm³/mol. The molecule has 2 heteroatoms. The fraction of sp³-hybridized carbons (Fsp3) is 0.941. The van der Waals surface area contributed by atoms with Gasteiger partial charge >= 0.3 is 0 Å². The third kappa shape index (κ3) is 3.84. The van der Waals surface area contributed by atoms with E-state index in [2.05, 4.69) is 19.5 Å². The Balaban J connectivity index is 1.80. The van der Waals surface area contributed by atoms with Gasteiger partial charge in [-0.25, -0.2) is 0 Å². The van der Waals surface area contributed by atoms with Crippen molar-refractivity contribution in [3.05, 3.63) is 0 Å². The number of rotatable bonds is 4. The first kappa shape index (κ1) is 15.1. The first-order valence-corrected chi connectivity index (χ1v) is 11.6. The normalized spacial score (nSPS) is 39.7. The lowest BCUT2D eigenvalue weighted by atomic mass is 9.90. The van der Waals surface area contributed by atoms with E-state index in [1.165, 1.54) is 57.8 Å². The SMILES string of the molecule is CCCC[C@H]1CC[Si@](C)(C2CCC(C#N)CC2)CC1. The quantitative estimate of drug-likeness (QED) is 0.600. The third-order valence-corrected chi connectivity index (χ3v) is 11.5. The summed E-state index contributed by atoms with van der Waals surface area (Å²) >= 11 is 0. The minimum atomic E-state index is -0.969. The number of nitrogens with zero attached hydrogens (tertiary/aromatic N) is 1. The van der Waals surface area contributed by atoms with E-state index in [0.717, 1.165) is 11.5 Å². The second-order valence-electron chi connectivity index (χ2n) is 7.42. The van der Waals surface area contributed by atoms with Crippen LogP contribution in [0, 0.1) is 23.2 Å². The van der Waals surface area contributed by atoms with Gasteiger partial charge in [0.25, 0.3) is 0 Å². The zero-order valence-electron chi connectivity index (χ0n) is 13.0. The summed E-state index contributed by atoms with van der Waals surface area (Å²) in [6, 6.07) is 5.66. The fourth-order valence-electron chi connectivity index (χ4n) is 4.45. The van der Waals surface area contributed by atoms with Crippen LogP contribution in [0.4, 0.5) is 0 Å². The maximum Gasteiger partial charge on any atom is 0.0655 e. The summed E-state index contributed by atoms with van der Waals surface area (Å²) in [7, 11) is -0.969. The lowest BCUT2D eigenvalue weighted by Gasteiger charge is -2.44. The standard InChI is InChI=1S/C17H31NSi/c1-3-4-5-15-10-12-19(2,13-11-15)17-8-6-16(14-18)7-9-17/h15-17H,3-13H2,1-2H3/t15-,16?,17?,19-. The van der Waals surface area contributed by atoms with Gasteiger partial charge in [0, 0.05) is 5.92 Å². The summed E-state index contributed by atoms with van der Waals surface area (Å²) in [5.41, 5.74) is 1.05. The maximum absolute atomic E-state index is 9.03. The van der Waals surface area contributed by atoms with Crippen molar-refractivity contribution >= 4 is 8.07 Å². The van der Waals surface area contributed by atoms with Gasteiger partial charge in [-0.15, -0.1) is 0 Å². The summed E-state index contributed by atoms with van der Waals surface area (Å²) in [4.78, 5) is 0. The molecular formula is C17H31NSi. The Morgan fingerprint density at radius 1 is 1.05 bits per heavy atom. The zero-order valence-corrected chi connectivity index (χ0v) is 14.0. The van der Waals surface area contributed by atoms with E-state index in [1.54, 1.807) is 12.1 Å². The van der Waals surface area contributed by atoms with E-state index >= 15 is 0 Å². The first-order valence-electron chi connectivity index (χ1n) is 8.57. The first-order chi connectivity index (χ1) is 9.18. The zero-order chi connectivity index (χ0) is 13.7. The Hall–Kier alpha value is -0.293. The Labute approximate surface area is 120 Å². The number of hydrogen-bond acceptors (Lipinski definition) is 1. The molecular weight excluding hydrogens is 246 g/mol. The average Bonchev–Trinajstić information content (AvgIpc) is 2.47. The van der Waals surface area contributed by atoms with Crippen LogP contribution in [0.2, 0.25) is 24.2 Å². The molecule has 108 valence electrons. The van der Waals surface area contributed by atoms with Gasteiger partial charge in [0.1, 0.15) is 0 Å². The molecule has 0 aromatic carbocycles. The van der Waals surface area contributed by atoms with Crippen LogP contribution in [0.5, 0.6) is 0 Å². The van der Waals surface area contributed by atoms with Gasteiger partial charge < -0.3 is 0 Å². The van der Waals surface area contributed by atoms with Gasteiger partial charge in [-0.1, -0.05) is 70.5 Å². The molecule has 1 aliphatic heterocycles. The van der Waals surface area contributed by atoms with Crippen LogP contribution in [0.25, 0.3) is 0 Å². The molecule has 1 saturated carbocycles. The van der Waals surface area contributed by atoms with E-state index in [4.69, 9.17) is 5.26 Å². The minimum Gasteiger partial charge on any atom is -0.198 e. The molecule has 0 bridgehead atoms. The molecule has 2 rings (SSSR count). The molecule has 0 spiro atoms. The molecule has 1 nitrogen and oxygen atoms in total. The van der Waals surface area contributed by atoms with Crippen molar-refractivity contribution in [1.29, 1.82) is 5.26 Å². The highest BCUT2D eigenvalue weighted by molar-refractivity contribution is 6.80. The summed E-state index contributed by atoms with van der Waals surface area (Å²) in [6.45, 7) is 5.00. The molecule has 0 N–H and O–H groups in total. The topological polar surface area (TPSA) is 23.8 Å². The second-order valence-corrected chi connectivity index (χ2v) is 12.5. The number of unbranched alkanes of at least 4 members (excludes halogenated alkanes) is 1. The highest BCUT2D eigenvalue weighted by Gasteiger charge is 2.40. The molecule has 1 heterocycles. The average molecular weight is 278 g/mol. The summed E-state index contributed by atoms with van der Waals surface area (Å²) in [5, 5.41) is 9.03. The molecule has 19 heavy (non-hydrogen) atoms. The molecule has 0 aromatic heterocycles. The van der Waals surface area contributed by atoms with Crippen molar-refractivity contribution < 1.29 is 0 Å². The number of nitriles is 1. The molecule has 1 aliphatic carbocycles. The Kier molecular flexibility index (Phi) is 5.51. The van der Waals surface area contributed by atoms with E-state index in [1.807, 2.05) is 0 Å². The largest absolute Gasteiger partial charge is 0.198 e. The van der Waals surface area contributed by atoms with Crippen LogP contribution in [-0.2, 0) is 0 Å².